The van der Waals surface area contributed by atoms with Crippen molar-refractivity contribution in [1.82, 2.24) is 10.6 Å². The largest absolute Gasteiger partial charge is 0.352 e. The van der Waals surface area contributed by atoms with E-state index in [4.69, 9.17) is 0 Å². The van der Waals surface area contributed by atoms with Crippen molar-refractivity contribution in [2.75, 3.05) is 13.1 Å². The molecular weight excluding hydrogens is 267 g/mol. The van der Waals surface area contributed by atoms with Crippen LogP contribution in [0.4, 0.5) is 4.39 Å². The summed E-state index contributed by atoms with van der Waals surface area (Å²) in [5, 5.41) is 6.14. The summed E-state index contributed by atoms with van der Waals surface area (Å²) in [6.45, 7) is 3.49. The van der Waals surface area contributed by atoms with Crippen molar-refractivity contribution in [3.8, 4) is 0 Å². The topological polar surface area (TPSA) is 41.1 Å². The van der Waals surface area contributed by atoms with E-state index in [1.807, 2.05) is 6.92 Å². The number of rotatable bonds is 4. The minimum Gasteiger partial charge on any atom is -0.352 e. The number of hydrogen-bond donors (Lipinski definition) is 2. The quantitative estimate of drug-likeness (QED) is 0.892. The third kappa shape index (κ3) is 4.48. The van der Waals surface area contributed by atoms with Crippen molar-refractivity contribution in [3.63, 3.8) is 0 Å². The molecule has 0 bridgehead atoms. The molecule has 106 valence electrons. The molecule has 2 rings (SSSR count). The van der Waals surface area contributed by atoms with Gasteiger partial charge in [0.2, 0.25) is 0 Å². The Bertz CT molecular complexity index is 433. The Morgan fingerprint density at radius 1 is 1.53 bits per heavy atom. The standard InChI is InChI=1S/C14H19FN2O.ClH/c1-10-4-5-13(15)12(9-10)14(18)17-8-6-11-3-2-7-16-11;/h4-5,9,11,16H,2-3,6-8H2,1H3,(H,17,18);1H/t11-;/m1./s1. The van der Waals surface area contributed by atoms with E-state index >= 15 is 0 Å². The summed E-state index contributed by atoms with van der Waals surface area (Å²) in [5.74, 6) is -0.786. The molecule has 0 aromatic heterocycles. The highest BCUT2D eigenvalue weighted by atomic mass is 35.5. The van der Waals surface area contributed by atoms with Crippen LogP contribution in [0.2, 0.25) is 0 Å². The molecule has 1 amide bonds. The van der Waals surface area contributed by atoms with Crippen molar-refractivity contribution in [2.45, 2.75) is 32.2 Å². The second kappa shape index (κ2) is 7.46. The fourth-order valence-electron chi connectivity index (χ4n) is 2.27. The summed E-state index contributed by atoms with van der Waals surface area (Å²) in [4.78, 5) is 11.8. The van der Waals surface area contributed by atoms with Crippen LogP contribution in [-0.2, 0) is 0 Å². The Balaban J connectivity index is 0.00000180. The van der Waals surface area contributed by atoms with Crippen molar-refractivity contribution >= 4 is 18.3 Å². The fraction of sp³-hybridized carbons (Fsp3) is 0.500. The Morgan fingerprint density at radius 3 is 3.00 bits per heavy atom. The lowest BCUT2D eigenvalue weighted by molar-refractivity contribution is 0.0948. The monoisotopic (exact) mass is 286 g/mol. The highest BCUT2D eigenvalue weighted by molar-refractivity contribution is 5.94. The molecule has 3 nitrogen and oxygen atoms in total. The molecule has 1 aromatic carbocycles. The van der Waals surface area contributed by atoms with E-state index in [2.05, 4.69) is 10.6 Å². The molecular formula is C14H20ClFN2O. The van der Waals surface area contributed by atoms with E-state index in [0.29, 0.717) is 12.6 Å². The van der Waals surface area contributed by atoms with Gasteiger partial charge in [-0.2, -0.15) is 0 Å². The summed E-state index contributed by atoms with van der Waals surface area (Å²) in [5.41, 5.74) is 1.02. The van der Waals surface area contributed by atoms with Gasteiger partial charge in [-0.05, 0) is 44.9 Å². The van der Waals surface area contributed by atoms with Crippen molar-refractivity contribution < 1.29 is 9.18 Å². The molecule has 0 radical (unpaired) electrons. The zero-order valence-corrected chi connectivity index (χ0v) is 11.9. The lowest BCUT2D eigenvalue weighted by atomic mass is 10.1. The molecule has 1 aliphatic rings. The Labute approximate surface area is 119 Å². The van der Waals surface area contributed by atoms with Gasteiger partial charge in [0, 0.05) is 12.6 Å². The van der Waals surface area contributed by atoms with Gasteiger partial charge in [-0.25, -0.2) is 4.39 Å². The molecule has 0 unspecified atom stereocenters. The van der Waals surface area contributed by atoms with E-state index in [1.54, 1.807) is 12.1 Å². The van der Waals surface area contributed by atoms with Gasteiger partial charge in [-0.1, -0.05) is 11.6 Å². The maximum atomic E-state index is 13.5. The number of nitrogens with one attached hydrogen (secondary N) is 2. The van der Waals surface area contributed by atoms with Crippen LogP contribution in [0, 0.1) is 12.7 Å². The normalized spacial score (nSPS) is 17.9. The lowest BCUT2D eigenvalue weighted by Crippen LogP contribution is -2.31. The fourth-order valence-corrected chi connectivity index (χ4v) is 2.27. The predicted molar refractivity (Wildman–Crippen MR) is 76.4 cm³/mol. The summed E-state index contributed by atoms with van der Waals surface area (Å²) < 4.78 is 13.5. The van der Waals surface area contributed by atoms with Crippen molar-refractivity contribution in [3.05, 3.63) is 35.1 Å². The van der Waals surface area contributed by atoms with Gasteiger partial charge < -0.3 is 10.6 Å². The first kappa shape index (κ1) is 15.9. The molecule has 19 heavy (non-hydrogen) atoms. The van der Waals surface area contributed by atoms with Gasteiger partial charge in [0.25, 0.3) is 5.91 Å². The first-order valence-electron chi connectivity index (χ1n) is 6.44. The van der Waals surface area contributed by atoms with Crippen LogP contribution in [0.3, 0.4) is 0 Å². The number of amides is 1. The smallest absolute Gasteiger partial charge is 0.254 e. The van der Waals surface area contributed by atoms with Gasteiger partial charge in [0.05, 0.1) is 5.56 Å². The first-order valence-corrected chi connectivity index (χ1v) is 6.44. The van der Waals surface area contributed by atoms with Crippen LogP contribution < -0.4 is 10.6 Å². The van der Waals surface area contributed by atoms with Gasteiger partial charge in [0.15, 0.2) is 0 Å². The maximum Gasteiger partial charge on any atom is 0.254 e. The molecule has 0 saturated carbocycles. The molecule has 1 atom stereocenters. The van der Waals surface area contributed by atoms with Gasteiger partial charge in [-0.3, -0.25) is 4.79 Å². The van der Waals surface area contributed by atoms with E-state index < -0.39 is 5.82 Å². The molecule has 1 aliphatic heterocycles. The molecule has 1 aromatic rings. The van der Waals surface area contributed by atoms with E-state index in [1.165, 1.54) is 12.5 Å². The van der Waals surface area contributed by atoms with Gasteiger partial charge in [-0.15, -0.1) is 12.4 Å². The highest BCUT2D eigenvalue weighted by Gasteiger charge is 2.15. The number of carbonyl (C=O) groups is 1. The summed E-state index contributed by atoms with van der Waals surface area (Å²) in [6.07, 6.45) is 3.26. The second-order valence-electron chi connectivity index (χ2n) is 4.82. The highest BCUT2D eigenvalue weighted by Crippen LogP contribution is 2.11. The van der Waals surface area contributed by atoms with Crippen LogP contribution in [-0.4, -0.2) is 25.0 Å². The van der Waals surface area contributed by atoms with Crippen molar-refractivity contribution in [1.29, 1.82) is 0 Å². The number of hydrogen-bond acceptors (Lipinski definition) is 2. The third-order valence-corrected chi connectivity index (χ3v) is 3.31. The zero-order chi connectivity index (χ0) is 13.0. The molecule has 5 heteroatoms. The average Bonchev–Trinajstić information content (AvgIpc) is 2.85. The van der Waals surface area contributed by atoms with Crippen molar-refractivity contribution in [2.24, 2.45) is 0 Å². The average molecular weight is 287 g/mol. The third-order valence-electron chi connectivity index (χ3n) is 3.31. The van der Waals surface area contributed by atoms with Crippen LogP contribution in [0.15, 0.2) is 18.2 Å². The van der Waals surface area contributed by atoms with Gasteiger partial charge in [0.1, 0.15) is 5.82 Å². The summed E-state index contributed by atoms with van der Waals surface area (Å²) >= 11 is 0. The van der Waals surface area contributed by atoms with Gasteiger partial charge >= 0.3 is 0 Å². The Hall–Kier alpha value is -1.13. The lowest BCUT2D eigenvalue weighted by Gasteiger charge is -2.11. The summed E-state index contributed by atoms with van der Waals surface area (Å²) in [7, 11) is 0. The summed E-state index contributed by atoms with van der Waals surface area (Å²) in [6, 6.07) is 5.07. The molecule has 1 heterocycles. The Kier molecular flexibility index (Phi) is 6.25. The number of benzene rings is 1. The number of halogens is 2. The van der Waals surface area contributed by atoms with E-state index in [9.17, 15) is 9.18 Å². The maximum absolute atomic E-state index is 13.5. The molecule has 2 N–H and O–H groups in total. The number of carbonyl (C=O) groups excluding carboxylic acids is 1. The minimum absolute atomic E-state index is 0. The van der Waals surface area contributed by atoms with Crippen LogP contribution in [0.5, 0.6) is 0 Å². The molecule has 0 spiro atoms. The van der Waals surface area contributed by atoms with Crippen LogP contribution >= 0.6 is 12.4 Å². The zero-order valence-electron chi connectivity index (χ0n) is 11.0. The molecule has 1 fully saturated rings. The predicted octanol–water partition coefficient (Wildman–Crippen LogP) is 2.43. The minimum atomic E-state index is -0.461. The number of aryl methyl sites for hydroxylation is 1. The molecule has 1 saturated heterocycles. The SMILES string of the molecule is Cc1ccc(F)c(C(=O)NCC[C@H]2CCCN2)c1.Cl. The second-order valence-corrected chi connectivity index (χ2v) is 4.82. The van der Waals surface area contributed by atoms with E-state index in [0.717, 1.165) is 24.9 Å². The first-order chi connectivity index (χ1) is 8.66. The van der Waals surface area contributed by atoms with Crippen LogP contribution in [0.1, 0.15) is 35.2 Å². The molecule has 0 aliphatic carbocycles. The van der Waals surface area contributed by atoms with E-state index in [-0.39, 0.29) is 23.9 Å². The Morgan fingerprint density at radius 2 is 2.32 bits per heavy atom. The van der Waals surface area contributed by atoms with Crippen LogP contribution in [0.25, 0.3) is 0 Å².